The minimum Gasteiger partial charge on any atom is -0.344 e. The molecule has 3 aliphatic heterocycles. The molecule has 8 nitrogen and oxygen atoms in total. The molecule has 2 amide bonds. The summed E-state index contributed by atoms with van der Waals surface area (Å²) in [6.45, 7) is 14.1. The fourth-order valence-electron chi connectivity index (χ4n) is 7.79. The van der Waals surface area contributed by atoms with Crippen molar-refractivity contribution in [3.8, 4) is 0 Å². The van der Waals surface area contributed by atoms with E-state index in [1.165, 1.54) is 39.5 Å². The molecule has 2 aromatic carbocycles. The number of fused-ring (bicyclic) bond motifs is 2. The van der Waals surface area contributed by atoms with E-state index in [4.69, 9.17) is 4.84 Å². The van der Waals surface area contributed by atoms with Gasteiger partial charge in [-0.3, -0.25) is 9.59 Å². The first-order valence-electron chi connectivity index (χ1n) is 18.7. The Hall–Kier alpha value is -5.11. The summed E-state index contributed by atoms with van der Waals surface area (Å²) in [7, 11) is 0. The zero-order valence-electron chi connectivity index (χ0n) is 31.3. The zero-order chi connectivity index (χ0) is 36.9. The van der Waals surface area contributed by atoms with E-state index in [1.54, 1.807) is 0 Å². The first-order chi connectivity index (χ1) is 25.0. The Balaban J connectivity index is 1.14. The molecule has 1 saturated heterocycles. The summed E-state index contributed by atoms with van der Waals surface area (Å²) in [5.74, 6) is -1.44. The number of para-hydroxylation sites is 1. The molecule has 0 N–H and O–H groups in total. The summed E-state index contributed by atoms with van der Waals surface area (Å²) >= 11 is 0. The highest BCUT2D eigenvalue weighted by molar-refractivity contribution is 6.03. The van der Waals surface area contributed by atoms with Crippen LogP contribution in [0.4, 0.5) is 11.4 Å². The van der Waals surface area contributed by atoms with Crippen molar-refractivity contribution in [1.82, 2.24) is 5.06 Å². The molecule has 1 aromatic heterocycles. The Morgan fingerprint density at radius 1 is 0.808 bits per heavy atom. The number of unbranched alkanes of at least 4 members (excludes halogenated alkanes) is 2. The molecule has 0 bridgehead atoms. The molecular weight excluding hydrogens is 649 g/mol. The lowest BCUT2D eigenvalue weighted by molar-refractivity contribution is -0.697. The summed E-state index contributed by atoms with van der Waals surface area (Å²) in [4.78, 5) is 43.4. The minimum absolute atomic E-state index is 0.0980. The second-order valence-electron chi connectivity index (χ2n) is 15.1. The van der Waals surface area contributed by atoms with Gasteiger partial charge in [0.1, 0.15) is 13.1 Å². The lowest BCUT2D eigenvalue weighted by atomic mass is 9.81. The van der Waals surface area contributed by atoms with Crippen LogP contribution in [-0.4, -0.2) is 46.2 Å². The van der Waals surface area contributed by atoms with Crippen LogP contribution in [0, 0.1) is 6.92 Å². The van der Waals surface area contributed by atoms with Gasteiger partial charge >= 0.3 is 5.97 Å². The van der Waals surface area contributed by atoms with Crippen LogP contribution in [0.1, 0.15) is 89.3 Å². The quantitative estimate of drug-likeness (QED) is 0.0746. The average Bonchev–Trinajstić information content (AvgIpc) is 3.63. The van der Waals surface area contributed by atoms with Crippen molar-refractivity contribution >= 4 is 34.9 Å². The van der Waals surface area contributed by atoms with Crippen LogP contribution >= 0.6 is 0 Å². The molecule has 3 aromatic rings. The van der Waals surface area contributed by atoms with E-state index >= 15 is 0 Å². The first-order valence-corrected chi connectivity index (χ1v) is 18.7. The summed E-state index contributed by atoms with van der Waals surface area (Å²) in [6, 6.07) is 21.7. The number of pyridine rings is 1. The first kappa shape index (κ1) is 36.7. The monoisotopic (exact) mass is 700 g/mol. The molecule has 0 saturated carbocycles. The lowest BCUT2D eigenvalue weighted by Crippen LogP contribution is -2.35. The molecular formula is C44H52N4O4+2. The van der Waals surface area contributed by atoms with Crippen LogP contribution in [0.25, 0.3) is 0 Å². The van der Waals surface area contributed by atoms with Crippen molar-refractivity contribution in [1.29, 1.82) is 0 Å². The number of hydrogen-bond acceptors (Lipinski definition) is 5. The number of aromatic nitrogens is 1. The van der Waals surface area contributed by atoms with Gasteiger partial charge in [0.2, 0.25) is 5.69 Å². The summed E-state index contributed by atoms with van der Waals surface area (Å²) < 4.78 is 4.65. The third-order valence-electron chi connectivity index (χ3n) is 10.6. The van der Waals surface area contributed by atoms with Gasteiger partial charge in [-0.15, -0.1) is 5.06 Å². The van der Waals surface area contributed by atoms with Crippen LogP contribution in [0.3, 0.4) is 0 Å². The molecule has 6 rings (SSSR count). The number of carbonyl (C=O) groups is 3. The fraction of sp³-hybridized carbons (Fsp3) is 0.386. The Kier molecular flexibility index (Phi) is 11.0. The third-order valence-corrected chi connectivity index (χ3v) is 10.6. The fourth-order valence-corrected chi connectivity index (χ4v) is 7.79. The van der Waals surface area contributed by atoms with Crippen molar-refractivity contribution < 1.29 is 28.4 Å². The molecule has 4 heterocycles. The van der Waals surface area contributed by atoms with Crippen LogP contribution in [0.2, 0.25) is 0 Å². The maximum Gasteiger partial charge on any atom is 0.333 e. The molecule has 0 atom stereocenters. The molecule has 1 fully saturated rings. The molecule has 8 heteroatoms. The third kappa shape index (κ3) is 7.71. The number of imide groups is 1. The van der Waals surface area contributed by atoms with Crippen molar-refractivity contribution in [2.45, 2.75) is 96.9 Å². The number of nitrogens with zero attached hydrogens (tertiary/aromatic N) is 4. The van der Waals surface area contributed by atoms with Gasteiger partial charge < -0.3 is 9.74 Å². The van der Waals surface area contributed by atoms with Crippen LogP contribution < -0.4 is 9.47 Å². The predicted molar refractivity (Wildman–Crippen MR) is 204 cm³/mol. The van der Waals surface area contributed by atoms with Crippen LogP contribution in [0.5, 0.6) is 0 Å². The number of anilines is 1. The van der Waals surface area contributed by atoms with E-state index in [0.717, 1.165) is 38.9 Å². The van der Waals surface area contributed by atoms with E-state index in [1.807, 2.05) is 0 Å². The second-order valence-corrected chi connectivity index (χ2v) is 15.1. The van der Waals surface area contributed by atoms with Gasteiger partial charge in [0.15, 0.2) is 18.1 Å². The van der Waals surface area contributed by atoms with E-state index in [0.29, 0.717) is 11.5 Å². The highest BCUT2D eigenvalue weighted by atomic mass is 16.7. The van der Waals surface area contributed by atoms with E-state index < -0.39 is 17.8 Å². The number of rotatable bonds is 14. The number of allylic oxidation sites excluding steroid dienone is 6. The van der Waals surface area contributed by atoms with Crippen LogP contribution in [0.15, 0.2) is 109 Å². The van der Waals surface area contributed by atoms with Crippen molar-refractivity contribution in [3.05, 3.63) is 126 Å². The highest BCUT2D eigenvalue weighted by Crippen LogP contribution is 2.48. The maximum atomic E-state index is 12.3. The van der Waals surface area contributed by atoms with E-state index in [-0.39, 0.29) is 30.1 Å². The maximum absolute atomic E-state index is 12.3. The Bertz CT molecular complexity index is 1940. The zero-order valence-corrected chi connectivity index (χ0v) is 31.3. The van der Waals surface area contributed by atoms with Gasteiger partial charge in [-0.2, -0.15) is 4.58 Å². The second kappa shape index (κ2) is 15.6. The van der Waals surface area contributed by atoms with Crippen molar-refractivity contribution in [2.24, 2.45) is 0 Å². The normalized spacial score (nSPS) is 18.4. The number of carbonyl (C=O) groups excluding carboxylic acids is 3. The summed E-state index contributed by atoms with van der Waals surface area (Å²) in [6.07, 6.45) is 19.0. The molecule has 0 unspecified atom stereocenters. The molecule has 0 radical (unpaired) electrons. The molecule has 0 spiro atoms. The summed E-state index contributed by atoms with van der Waals surface area (Å²) in [5, 5.41) is 0.626. The number of aryl methyl sites for hydroxylation is 2. The van der Waals surface area contributed by atoms with Gasteiger partial charge in [-0.1, -0.05) is 74.0 Å². The number of hydrogen-bond donors (Lipinski definition) is 0. The SMILES string of the molecule is Cc1ccc2c(c1)C(C)(C)/C(=C/C=C/C=C/C1=[N+](CCCCCC(=O)ON3C(=O)CCC3=O)c3ccccc3C1(C)C)N2CCC[n+]1ccccc1. The Labute approximate surface area is 308 Å². The van der Waals surface area contributed by atoms with Gasteiger partial charge in [0.05, 0.1) is 5.41 Å². The summed E-state index contributed by atoms with van der Waals surface area (Å²) in [5.41, 5.74) is 8.73. The number of hydroxylamine groups is 2. The van der Waals surface area contributed by atoms with Gasteiger partial charge in [0.25, 0.3) is 11.8 Å². The number of benzene rings is 2. The smallest absolute Gasteiger partial charge is 0.333 e. The Morgan fingerprint density at radius 3 is 2.33 bits per heavy atom. The average molecular weight is 701 g/mol. The Morgan fingerprint density at radius 2 is 1.56 bits per heavy atom. The molecule has 3 aliphatic rings. The van der Waals surface area contributed by atoms with E-state index in [9.17, 15) is 14.4 Å². The molecule has 270 valence electrons. The van der Waals surface area contributed by atoms with Crippen LogP contribution in [-0.2, 0) is 36.6 Å². The van der Waals surface area contributed by atoms with Gasteiger partial charge in [0, 0.05) is 85.3 Å². The highest BCUT2D eigenvalue weighted by Gasteiger charge is 2.44. The topological polar surface area (TPSA) is 73.8 Å². The lowest BCUT2D eigenvalue weighted by Gasteiger charge is -2.26. The van der Waals surface area contributed by atoms with Crippen molar-refractivity contribution in [2.75, 3.05) is 18.0 Å². The number of amides is 2. The van der Waals surface area contributed by atoms with Gasteiger partial charge in [-0.05, 0) is 51.3 Å². The minimum atomic E-state index is -0.539. The molecule has 0 aliphatic carbocycles. The molecule has 52 heavy (non-hydrogen) atoms. The predicted octanol–water partition coefficient (Wildman–Crippen LogP) is 7.71. The van der Waals surface area contributed by atoms with Crippen molar-refractivity contribution in [3.63, 3.8) is 0 Å². The largest absolute Gasteiger partial charge is 0.344 e. The van der Waals surface area contributed by atoms with E-state index in [2.05, 4.69) is 152 Å². The standard InChI is InChI=1S/C44H52N4O4/c1-33-23-24-37-35(32-33)44(4,5)39(47(37)31-17-29-45-27-14-8-15-28-45)21-10-6-9-20-38-43(2,3)34-18-12-13-19-36(34)46(38)30-16-7-11-22-42(51)52-48-40(49)25-26-41(48)50/h6,8-10,12-15,18-21,23-24,27-28,32H,7,11,16-17,22,25-26,29-31H2,1-5H3/q+2. The van der Waals surface area contributed by atoms with Gasteiger partial charge in [-0.25, -0.2) is 9.36 Å².